The molecule has 26 heavy (non-hydrogen) atoms. The SMILES string of the molecule is CCc1nc(NCc2cccc(N3CCCS3(=O)=O)c2)c2ccsc2n1. The summed E-state index contributed by atoms with van der Waals surface area (Å²) in [4.78, 5) is 10.1. The normalized spacial score (nSPS) is 16.3. The number of benzene rings is 1. The lowest BCUT2D eigenvalue weighted by Crippen LogP contribution is -2.25. The Kier molecular flexibility index (Phi) is 4.54. The van der Waals surface area contributed by atoms with Crippen LogP contribution in [0, 0.1) is 0 Å². The number of anilines is 2. The van der Waals surface area contributed by atoms with E-state index >= 15 is 0 Å². The molecule has 1 aliphatic rings. The fourth-order valence-corrected chi connectivity index (χ4v) is 5.47. The third kappa shape index (κ3) is 3.26. The van der Waals surface area contributed by atoms with Gasteiger partial charge in [-0.25, -0.2) is 18.4 Å². The van der Waals surface area contributed by atoms with Crippen molar-refractivity contribution in [2.45, 2.75) is 26.3 Å². The number of sulfonamides is 1. The summed E-state index contributed by atoms with van der Waals surface area (Å²) in [5.41, 5.74) is 1.75. The molecular formula is C18H20N4O2S2. The number of nitrogens with zero attached hydrogens (tertiary/aromatic N) is 3. The summed E-state index contributed by atoms with van der Waals surface area (Å²) >= 11 is 1.61. The van der Waals surface area contributed by atoms with Gasteiger partial charge in [0.2, 0.25) is 10.0 Å². The van der Waals surface area contributed by atoms with Crippen LogP contribution < -0.4 is 9.62 Å². The molecule has 1 aromatic carbocycles. The van der Waals surface area contributed by atoms with Gasteiger partial charge in [0.25, 0.3) is 0 Å². The summed E-state index contributed by atoms with van der Waals surface area (Å²) in [5, 5.41) is 6.43. The van der Waals surface area contributed by atoms with Crippen LogP contribution in [-0.4, -0.2) is 30.7 Å². The van der Waals surface area contributed by atoms with Gasteiger partial charge >= 0.3 is 0 Å². The van der Waals surface area contributed by atoms with Gasteiger partial charge in [0.1, 0.15) is 16.5 Å². The molecule has 0 amide bonds. The zero-order chi connectivity index (χ0) is 18.1. The number of fused-ring (bicyclic) bond motifs is 1. The fraction of sp³-hybridized carbons (Fsp3) is 0.333. The van der Waals surface area contributed by atoms with E-state index in [4.69, 9.17) is 0 Å². The third-order valence-electron chi connectivity index (χ3n) is 4.45. The highest BCUT2D eigenvalue weighted by Gasteiger charge is 2.28. The molecule has 6 nitrogen and oxygen atoms in total. The van der Waals surface area contributed by atoms with Gasteiger partial charge < -0.3 is 5.32 Å². The molecule has 8 heteroatoms. The van der Waals surface area contributed by atoms with Gasteiger partial charge in [-0.1, -0.05) is 19.1 Å². The summed E-state index contributed by atoms with van der Waals surface area (Å²) in [6, 6.07) is 9.70. The third-order valence-corrected chi connectivity index (χ3v) is 7.12. The molecule has 0 atom stereocenters. The fourth-order valence-electron chi connectivity index (χ4n) is 3.13. The number of aromatic nitrogens is 2. The van der Waals surface area contributed by atoms with Crippen LogP contribution in [0.3, 0.4) is 0 Å². The van der Waals surface area contributed by atoms with E-state index in [0.717, 1.165) is 39.5 Å². The van der Waals surface area contributed by atoms with Crippen molar-refractivity contribution in [1.82, 2.24) is 9.97 Å². The largest absolute Gasteiger partial charge is 0.365 e. The Hall–Kier alpha value is -2.19. The molecule has 1 fully saturated rings. The summed E-state index contributed by atoms with van der Waals surface area (Å²) in [5.74, 6) is 1.87. The first kappa shape index (κ1) is 17.2. The number of thiophene rings is 1. The van der Waals surface area contributed by atoms with E-state index in [9.17, 15) is 8.42 Å². The number of hydrogen-bond acceptors (Lipinski definition) is 6. The smallest absolute Gasteiger partial charge is 0.235 e. The first-order chi connectivity index (χ1) is 12.6. The van der Waals surface area contributed by atoms with Gasteiger partial charge in [0, 0.05) is 19.5 Å². The number of hydrogen-bond donors (Lipinski definition) is 1. The van der Waals surface area contributed by atoms with E-state index in [2.05, 4.69) is 15.3 Å². The van der Waals surface area contributed by atoms with Gasteiger partial charge in [0.05, 0.1) is 16.8 Å². The standard InChI is InChI=1S/C18H20N4O2S2/c1-2-16-20-17(15-7-9-25-18(15)21-16)19-12-13-5-3-6-14(11-13)22-8-4-10-26(22,23)24/h3,5-7,9,11H,2,4,8,10,12H2,1H3,(H,19,20,21). The molecule has 1 N–H and O–H groups in total. The number of rotatable bonds is 5. The summed E-state index contributed by atoms with van der Waals surface area (Å²) < 4.78 is 25.8. The van der Waals surface area contributed by atoms with Crippen LogP contribution >= 0.6 is 11.3 Å². The van der Waals surface area contributed by atoms with E-state index < -0.39 is 10.0 Å². The summed E-state index contributed by atoms with van der Waals surface area (Å²) in [7, 11) is -3.16. The minimum absolute atomic E-state index is 0.229. The van der Waals surface area contributed by atoms with Crippen LogP contribution in [0.2, 0.25) is 0 Å². The van der Waals surface area contributed by atoms with Crippen molar-refractivity contribution in [2.24, 2.45) is 0 Å². The van der Waals surface area contributed by atoms with Crippen LogP contribution in [0.1, 0.15) is 24.7 Å². The lowest BCUT2D eigenvalue weighted by atomic mass is 10.2. The molecule has 136 valence electrons. The Morgan fingerprint density at radius 3 is 2.92 bits per heavy atom. The average molecular weight is 389 g/mol. The second-order valence-corrected chi connectivity index (χ2v) is 9.15. The Morgan fingerprint density at radius 2 is 2.15 bits per heavy atom. The number of aryl methyl sites for hydroxylation is 1. The Balaban J connectivity index is 1.57. The highest BCUT2D eigenvalue weighted by molar-refractivity contribution is 7.93. The molecule has 0 spiro atoms. The van der Waals surface area contributed by atoms with Crippen molar-refractivity contribution in [3.8, 4) is 0 Å². The maximum absolute atomic E-state index is 12.1. The minimum atomic E-state index is -3.16. The van der Waals surface area contributed by atoms with Gasteiger partial charge in [-0.2, -0.15) is 0 Å². The molecule has 0 unspecified atom stereocenters. The van der Waals surface area contributed by atoms with Crippen LogP contribution in [-0.2, 0) is 23.0 Å². The quantitative estimate of drug-likeness (QED) is 0.725. The molecular weight excluding hydrogens is 368 g/mol. The van der Waals surface area contributed by atoms with Crippen molar-refractivity contribution in [2.75, 3.05) is 21.9 Å². The van der Waals surface area contributed by atoms with E-state index in [1.807, 2.05) is 42.6 Å². The number of nitrogens with one attached hydrogen (secondary N) is 1. The van der Waals surface area contributed by atoms with Gasteiger partial charge in [0.15, 0.2) is 0 Å². The lowest BCUT2D eigenvalue weighted by Gasteiger charge is -2.18. The van der Waals surface area contributed by atoms with E-state index in [1.54, 1.807) is 11.3 Å². The Morgan fingerprint density at radius 1 is 1.27 bits per heavy atom. The molecule has 3 heterocycles. The second-order valence-electron chi connectivity index (χ2n) is 6.25. The highest BCUT2D eigenvalue weighted by atomic mass is 32.2. The van der Waals surface area contributed by atoms with Crippen molar-refractivity contribution < 1.29 is 8.42 Å². The average Bonchev–Trinajstić information content (AvgIpc) is 3.25. The molecule has 0 aliphatic carbocycles. The second kappa shape index (κ2) is 6.85. The maximum atomic E-state index is 12.1. The first-order valence-corrected chi connectivity index (χ1v) is 11.1. The topological polar surface area (TPSA) is 75.2 Å². The first-order valence-electron chi connectivity index (χ1n) is 8.64. The Bertz CT molecular complexity index is 1050. The van der Waals surface area contributed by atoms with Gasteiger partial charge in [-0.15, -0.1) is 11.3 Å². The highest BCUT2D eigenvalue weighted by Crippen LogP contribution is 2.27. The van der Waals surface area contributed by atoms with Gasteiger partial charge in [-0.05, 0) is 35.6 Å². The maximum Gasteiger partial charge on any atom is 0.235 e. The molecule has 0 saturated carbocycles. The summed E-state index contributed by atoms with van der Waals surface area (Å²) in [6.45, 7) is 3.17. The molecule has 4 rings (SSSR count). The van der Waals surface area contributed by atoms with E-state index in [0.29, 0.717) is 19.5 Å². The van der Waals surface area contributed by atoms with Crippen LogP contribution in [0.25, 0.3) is 10.2 Å². The molecule has 2 aromatic heterocycles. The molecule has 3 aromatic rings. The van der Waals surface area contributed by atoms with Crippen LogP contribution in [0.15, 0.2) is 35.7 Å². The molecule has 1 aliphatic heterocycles. The van der Waals surface area contributed by atoms with Crippen LogP contribution in [0.4, 0.5) is 11.5 Å². The minimum Gasteiger partial charge on any atom is -0.365 e. The summed E-state index contributed by atoms with van der Waals surface area (Å²) in [6.07, 6.45) is 1.46. The predicted molar refractivity (Wildman–Crippen MR) is 106 cm³/mol. The molecule has 0 bridgehead atoms. The zero-order valence-electron chi connectivity index (χ0n) is 14.5. The Labute approximate surface area is 157 Å². The molecule has 0 radical (unpaired) electrons. The van der Waals surface area contributed by atoms with E-state index in [1.165, 1.54) is 4.31 Å². The molecule has 1 saturated heterocycles. The van der Waals surface area contributed by atoms with Crippen LogP contribution in [0.5, 0.6) is 0 Å². The van der Waals surface area contributed by atoms with Crippen molar-refractivity contribution in [1.29, 1.82) is 0 Å². The zero-order valence-corrected chi connectivity index (χ0v) is 16.1. The lowest BCUT2D eigenvalue weighted by molar-refractivity contribution is 0.599. The van der Waals surface area contributed by atoms with Crippen molar-refractivity contribution in [3.63, 3.8) is 0 Å². The van der Waals surface area contributed by atoms with Crippen molar-refractivity contribution in [3.05, 3.63) is 47.1 Å². The monoisotopic (exact) mass is 388 g/mol. The predicted octanol–water partition coefficient (Wildman–Crippen LogP) is 3.41. The van der Waals surface area contributed by atoms with E-state index in [-0.39, 0.29) is 5.75 Å². The van der Waals surface area contributed by atoms with Gasteiger partial charge in [-0.3, -0.25) is 4.31 Å². The van der Waals surface area contributed by atoms with Crippen molar-refractivity contribution >= 4 is 43.1 Å².